The highest BCUT2D eigenvalue weighted by Crippen LogP contribution is 2.28. The number of hydrogen-bond donors (Lipinski definition) is 2. The predicted molar refractivity (Wildman–Crippen MR) is 116 cm³/mol. The molecule has 1 atom stereocenters. The van der Waals surface area contributed by atoms with Gasteiger partial charge in [0.05, 0.1) is 14.1 Å². The molecule has 0 heterocycles. The van der Waals surface area contributed by atoms with Gasteiger partial charge in [-0.2, -0.15) is 0 Å². The molecule has 1 unspecified atom stereocenters. The molecule has 0 aliphatic carbocycles. The summed E-state index contributed by atoms with van der Waals surface area (Å²) in [6.45, 7) is 4.53. The lowest BCUT2D eigenvalue weighted by molar-refractivity contribution is -0.946. The summed E-state index contributed by atoms with van der Waals surface area (Å²) in [5.74, 6) is -0.832. The van der Waals surface area contributed by atoms with E-state index in [0.717, 1.165) is 19.3 Å². The molecule has 0 aromatic carbocycles. The van der Waals surface area contributed by atoms with Crippen LogP contribution >= 0.6 is 0 Å². The van der Waals surface area contributed by atoms with E-state index in [1.807, 2.05) is 21.0 Å². The van der Waals surface area contributed by atoms with Crippen LogP contribution in [-0.4, -0.2) is 66.9 Å². The summed E-state index contributed by atoms with van der Waals surface area (Å²) in [4.78, 5) is 26.1. The fourth-order valence-corrected chi connectivity index (χ4v) is 4.07. The molecular weight excluding hydrogens is 354 g/mol. The van der Waals surface area contributed by atoms with Gasteiger partial charge in [-0.3, -0.25) is 9.28 Å². The Morgan fingerprint density at radius 3 is 1.82 bits per heavy atom. The van der Waals surface area contributed by atoms with Crippen molar-refractivity contribution in [1.29, 1.82) is 0 Å². The number of amides is 1. The van der Waals surface area contributed by atoms with Gasteiger partial charge in [0.15, 0.2) is 6.67 Å². The summed E-state index contributed by atoms with van der Waals surface area (Å²) in [6.07, 6.45) is 12.8. The zero-order valence-electron chi connectivity index (χ0n) is 19.4. The van der Waals surface area contributed by atoms with Crippen LogP contribution in [0.25, 0.3) is 0 Å². The monoisotopic (exact) mass is 400 g/mol. The van der Waals surface area contributed by atoms with Gasteiger partial charge in [0.1, 0.15) is 0 Å². The maximum absolute atomic E-state index is 12.2. The normalized spacial score (nSPS) is 14.1. The molecule has 0 saturated heterocycles. The Labute approximate surface area is 173 Å². The fourth-order valence-electron chi connectivity index (χ4n) is 4.07. The maximum atomic E-state index is 12.2. The molecule has 166 valence electrons. The molecule has 0 aromatic heterocycles. The van der Waals surface area contributed by atoms with Gasteiger partial charge >= 0.3 is 5.97 Å². The van der Waals surface area contributed by atoms with Crippen molar-refractivity contribution in [3.05, 3.63) is 0 Å². The second kappa shape index (κ2) is 13.9. The first-order valence-corrected chi connectivity index (χ1v) is 11.2. The van der Waals surface area contributed by atoms with E-state index in [-0.39, 0.29) is 10.4 Å². The largest absolute Gasteiger partial charge is 0.476 e. The number of rotatable bonds is 17. The zero-order chi connectivity index (χ0) is 21.6. The summed E-state index contributed by atoms with van der Waals surface area (Å²) in [5.41, 5.74) is -1.06. The van der Waals surface area contributed by atoms with Crippen LogP contribution in [0.2, 0.25) is 0 Å². The summed E-state index contributed by atoms with van der Waals surface area (Å²) in [6, 6.07) is 0. The van der Waals surface area contributed by atoms with Crippen LogP contribution in [-0.2, 0) is 9.59 Å². The van der Waals surface area contributed by atoms with Crippen LogP contribution in [0.15, 0.2) is 0 Å². The molecule has 2 N–H and O–H groups in total. The van der Waals surface area contributed by atoms with E-state index < -0.39 is 11.6 Å². The number of nitrogens with one attached hydrogen (secondary N) is 1. The quantitative estimate of drug-likeness (QED) is 0.218. The van der Waals surface area contributed by atoms with Crippen molar-refractivity contribution in [2.75, 3.05) is 34.9 Å². The van der Waals surface area contributed by atoms with E-state index in [9.17, 15) is 14.7 Å². The second-order valence-electron chi connectivity index (χ2n) is 8.79. The average molecular weight is 401 g/mol. The lowest BCUT2D eigenvalue weighted by atomic mass is 9.99. The number of likely N-dealkylation sites (N-methyl/N-ethyl adjacent to an activating group) is 2. The summed E-state index contributed by atoms with van der Waals surface area (Å²) in [7, 11) is 7.35. The Morgan fingerprint density at radius 1 is 0.893 bits per heavy atom. The van der Waals surface area contributed by atoms with Crippen molar-refractivity contribution >= 4 is 11.9 Å². The first kappa shape index (κ1) is 26.9. The molecule has 6 heteroatoms. The van der Waals surface area contributed by atoms with E-state index in [1.165, 1.54) is 44.9 Å². The Morgan fingerprint density at radius 2 is 1.39 bits per heavy atom. The molecule has 0 rings (SSSR count). The van der Waals surface area contributed by atoms with Crippen molar-refractivity contribution < 1.29 is 19.2 Å². The van der Waals surface area contributed by atoms with Crippen LogP contribution < -0.4 is 5.32 Å². The number of quaternary nitrogens is 1. The van der Waals surface area contributed by atoms with Crippen molar-refractivity contribution in [1.82, 2.24) is 10.2 Å². The molecule has 0 spiro atoms. The van der Waals surface area contributed by atoms with Gasteiger partial charge in [-0.1, -0.05) is 65.2 Å². The van der Waals surface area contributed by atoms with Gasteiger partial charge in [-0.05, 0) is 26.9 Å². The van der Waals surface area contributed by atoms with Crippen LogP contribution in [0.3, 0.4) is 0 Å². The van der Waals surface area contributed by atoms with Gasteiger partial charge in [0, 0.05) is 12.8 Å². The molecule has 0 aliphatic heterocycles. The highest BCUT2D eigenvalue weighted by Gasteiger charge is 2.54. The summed E-state index contributed by atoms with van der Waals surface area (Å²) in [5, 5.41) is 12.9. The number of unbranched alkanes of at least 4 members (excludes halogenated alkanes) is 8. The SMILES string of the molecule is CCCCCCCCCCCC(=O)NC[N+](C)(C)C(CCC)(C(=O)O)N(C)C. The van der Waals surface area contributed by atoms with Gasteiger partial charge in [0.2, 0.25) is 5.91 Å². The maximum Gasteiger partial charge on any atom is 0.382 e. The highest BCUT2D eigenvalue weighted by molar-refractivity contribution is 5.77. The van der Waals surface area contributed by atoms with E-state index in [0.29, 0.717) is 19.5 Å². The van der Waals surface area contributed by atoms with Crippen molar-refractivity contribution in [3.8, 4) is 0 Å². The molecule has 0 saturated carbocycles. The second-order valence-corrected chi connectivity index (χ2v) is 8.79. The van der Waals surface area contributed by atoms with E-state index in [4.69, 9.17) is 0 Å². The lowest BCUT2D eigenvalue weighted by Gasteiger charge is -2.48. The highest BCUT2D eigenvalue weighted by atomic mass is 16.4. The molecule has 0 radical (unpaired) electrons. The molecule has 28 heavy (non-hydrogen) atoms. The van der Waals surface area contributed by atoms with Crippen molar-refractivity contribution in [2.24, 2.45) is 0 Å². The zero-order valence-corrected chi connectivity index (χ0v) is 19.4. The third kappa shape index (κ3) is 8.48. The number of carbonyl (C=O) groups is 2. The number of carboxylic acids is 1. The third-order valence-electron chi connectivity index (χ3n) is 5.86. The Hall–Kier alpha value is -1.14. The van der Waals surface area contributed by atoms with Crippen LogP contribution in [0, 0.1) is 0 Å². The van der Waals surface area contributed by atoms with Crippen LogP contribution in [0.5, 0.6) is 0 Å². The Kier molecular flexibility index (Phi) is 13.4. The molecule has 6 nitrogen and oxygen atoms in total. The fraction of sp³-hybridized carbons (Fsp3) is 0.909. The molecule has 0 fully saturated rings. The van der Waals surface area contributed by atoms with Crippen molar-refractivity contribution in [2.45, 2.75) is 96.6 Å². The number of aliphatic carboxylic acids is 1. The smallest absolute Gasteiger partial charge is 0.382 e. The Bertz CT molecular complexity index is 452. The minimum absolute atomic E-state index is 0.0173. The average Bonchev–Trinajstić information content (AvgIpc) is 2.62. The number of carbonyl (C=O) groups excluding carboxylic acids is 1. The van der Waals surface area contributed by atoms with E-state index in [2.05, 4.69) is 12.2 Å². The number of nitrogens with zero attached hydrogens (tertiary/aromatic N) is 2. The topological polar surface area (TPSA) is 69.6 Å². The van der Waals surface area contributed by atoms with Crippen LogP contribution in [0.4, 0.5) is 0 Å². The molecule has 1 amide bonds. The molecule has 0 aromatic rings. The molecular formula is C22H46N3O3+. The van der Waals surface area contributed by atoms with Gasteiger partial charge < -0.3 is 10.4 Å². The molecule has 0 bridgehead atoms. The van der Waals surface area contributed by atoms with Crippen LogP contribution in [0.1, 0.15) is 90.9 Å². The minimum atomic E-state index is -1.06. The predicted octanol–water partition coefficient (Wildman–Crippen LogP) is 4.20. The van der Waals surface area contributed by atoms with E-state index in [1.54, 1.807) is 19.0 Å². The van der Waals surface area contributed by atoms with Crippen molar-refractivity contribution in [3.63, 3.8) is 0 Å². The number of hydrogen-bond acceptors (Lipinski definition) is 3. The van der Waals surface area contributed by atoms with Gasteiger partial charge in [0.25, 0.3) is 5.66 Å². The molecule has 0 aliphatic rings. The lowest BCUT2D eigenvalue weighted by Crippen LogP contribution is -2.72. The Balaban J connectivity index is 4.32. The van der Waals surface area contributed by atoms with Gasteiger partial charge in [-0.25, -0.2) is 9.69 Å². The van der Waals surface area contributed by atoms with E-state index >= 15 is 0 Å². The number of carboxylic acid groups (broad SMARTS) is 1. The first-order valence-electron chi connectivity index (χ1n) is 11.2. The standard InChI is InChI=1S/C22H45N3O3/c1-7-9-10-11-12-13-14-15-16-17-20(26)23-19-25(5,6)22(18-8-2,21(27)28)24(3)4/h7-19H2,1-6H3,(H-,23,26,27,28)/p+1. The third-order valence-corrected chi connectivity index (χ3v) is 5.86. The van der Waals surface area contributed by atoms with Gasteiger partial charge in [-0.15, -0.1) is 0 Å². The summed E-state index contributed by atoms with van der Waals surface area (Å²) < 4.78 is 0.187. The first-order chi connectivity index (χ1) is 13.2. The minimum Gasteiger partial charge on any atom is -0.476 e. The summed E-state index contributed by atoms with van der Waals surface area (Å²) >= 11 is 0.